The zero-order valence-corrected chi connectivity index (χ0v) is 27.0. The molecule has 1 aromatic heterocycles. The van der Waals surface area contributed by atoms with Crippen LogP contribution in [0.5, 0.6) is 0 Å². The van der Waals surface area contributed by atoms with Crippen LogP contribution in [0, 0.1) is 13.8 Å². The van der Waals surface area contributed by atoms with Gasteiger partial charge in [-0.1, -0.05) is 18.2 Å². The molecule has 0 bridgehead atoms. The maximum absolute atomic E-state index is 12.9. The zero-order chi connectivity index (χ0) is 33.2. The molecule has 5 rings (SSSR count). The molecule has 1 heterocycles. The Morgan fingerprint density at radius 2 is 1.76 bits per heavy atom. The summed E-state index contributed by atoms with van der Waals surface area (Å²) in [7, 11) is 0.305. The maximum Gasteiger partial charge on any atom is 0.411 e. The molecular weight excluding hydrogens is 607 g/mol. The number of carboxylic acids is 1. The van der Waals surface area contributed by atoms with E-state index in [4.69, 9.17) is 4.74 Å². The van der Waals surface area contributed by atoms with Crippen LogP contribution < -0.4 is 16.2 Å². The van der Waals surface area contributed by atoms with Gasteiger partial charge in [-0.3, -0.25) is 10.1 Å². The van der Waals surface area contributed by atoms with Crippen molar-refractivity contribution < 1.29 is 27.9 Å². The fourth-order valence-corrected chi connectivity index (χ4v) is 7.53. The first kappa shape index (κ1) is 32.8. The standard InChI is InChI=1S/C33H37BN4O7S/c1-19-14-22(30(32(40)41)36-25-5-4-21-10-12-35-31(39)28(21)17-25)15-20(2)27(19)11-13-45-33(42)37-24-6-9-29(23(16-24)18-38(3)34)46(43,44)26-7-8-26/h4-6,9-10,12,14-17,26,30,36H,7-8,11,13,18,34H2,1-3H3,(H,35,39)(H,37,42)(H,40,41). The van der Waals surface area contributed by atoms with E-state index in [-0.39, 0.29) is 17.4 Å². The highest BCUT2D eigenvalue weighted by Crippen LogP contribution is 2.36. The molecule has 1 fully saturated rings. The van der Waals surface area contributed by atoms with Crippen molar-refractivity contribution in [1.29, 1.82) is 0 Å². The second-order valence-electron chi connectivity index (χ2n) is 12.0. The third kappa shape index (κ3) is 7.43. The fraction of sp³-hybridized carbons (Fsp3) is 0.303. The maximum atomic E-state index is 12.9. The number of amides is 1. The number of carboxylic acid groups (broad SMARTS) is 1. The number of hydrogen-bond acceptors (Lipinski definition) is 8. The monoisotopic (exact) mass is 644 g/mol. The molecule has 13 heteroatoms. The number of anilines is 2. The van der Waals surface area contributed by atoms with Crippen LogP contribution >= 0.6 is 0 Å². The molecule has 11 nitrogen and oxygen atoms in total. The van der Waals surface area contributed by atoms with E-state index in [1.807, 2.05) is 33.7 Å². The Labute approximate surface area is 268 Å². The number of fused-ring (bicyclic) bond motifs is 1. The number of benzene rings is 3. The molecule has 1 unspecified atom stereocenters. The molecule has 1 amide bonds. The molecule has 3 aromatic carbocycles. The summed E-state index contributed by atoms with van der Waals surface area (Å²) in [5.41, 5.74) is 4.48. The van der Waals surface area contributed by atoms with E-state index in [2.05, 4.69) is 15.6 Å². The summed E-state index contributed by atoms with van der Waals surface area (Å²) < 4.78 is 31.3. The van der Waals surface area contributed by atoms with E-state index < -0.39 is 27.9 Å². The Balaban J connectivity index is 1.24. The lowest BCUT2D eigenvalue weighted by atomic mass is 9.94. The topological polar surface area (TPSA) is 158 Å². The first-order chi connectivity index (χ1) is 21.8. The van der Waals surface area contributed by atoms with Crippen LogP contribution in [-0.2, 0) is 32.3 Å². The molecule has 0 saturated heterocycles. The molecule has 4 N–H and O–H groups in total. The number of aromatic nitrogens is 1. The highest BCUT2D eigenvalue weighted by atomic mass is 32.2. The number of rotatable bonds is 12. The molecule has 46 heavy (non-hydrogen) atoms. The van der Waals surface area contributed by atoms with Crippen molar-refractivity contribution in [3.05, 3.63) is 99.0 Å². The second kappa shape index (κ2) is 13.4. The summed E-state index contributed by atoms with van der Waals surface area (Å²) in [6.45, 7) is 4.24. The molecule has 1 saturated carbocycles. The van der Waals surface area contributed by atoms with E-state index in [9.17, 15) is 27.9 Å². The number of H-pyrrole nitrogens is 1. The van der Waals surface area contributed by atoms with Crippen LogP contribution in [0.15, 0.2) is 70.5 Å². The largest absolute Gasteiger partial charge is 0.479 e. The van der Waals surface area contributed by atoms with Gasteiger partial charge < -0.3 is 25.0 Å². The second-order valence-corrected chi connectivity index (χ2v) is 14.2. The number of nitrogens with zero attached hydrogens (tertiary/aromatic N) is 1. The molecule has 4 aromatic rings. The lowest BCUT2D eigenvalue weighted by Gasteiger charge is -2.20. The molecule has 0 radical (unpaired) electrons. The number of hydrogen-bond donors (Lipinski definition) is 4. The minimum Gasteiger partial charge on any atom is -0.479 e. The van der Waals surface area contributed by atoms with Crippen LogP contribution in [0.25, 0.3) is 10.8 Å². The molecule has 240 valence electrons. The van der Waals surface area contributed by atoms with Crippen LogP contribution in [0.1, 0.15) is 46.7 Å². The van der Waals surface area contributed by atoms with Gasteiger partial charge in [0.05, 0.1) is 16.8 Å². The van der Waals surface area contributed by atoms with Crippen molar-refractivity contribution in [3.63, 3.8) is 0 Å². The lowest BCUT2D eigenvalue weighted by Crippen LogP contribution is -2.21. The average Bonchev–Trinajstić information content (AvgIpc) is 3.84. The molecule has 1 aliphatic rings. The van der Waals surface area contributed by atoms with Crippen molar-refractivity contribution in [2.75, 3.05) is 24.3 Å². The number of carbonyl (C=O) groups is 2. The minimum atomic E-state index is -3.40. The zero-order valence-electron chi connectivity index (χ0n) is 26.2. The summed E-state index contributed by atoms with van der Waals surface area (Å²) in [6, 6.07) is 14.2. The predicted molar refractivity (Wildman–Crippen MR) is 180 cm³/mol. The van der Waals surface area contributed by atoms with Gasteiger partial charge in [0.1, 0.15) is 0 Å². The van der Waals surface area contributed by atoms with E-state index >= 15 is 0 Å². The summed E-state index contributed by atoms with van der Waals surface area (Å²) in [6.07, 6.45) is 2.65. The van der Waals surface area contributed by atoms with Crippen LogP contribution in [0.4, 0.5) is 16.2 Å². The van der Waals surface area contributed by atoms with Crippen molar-refractivity contribution in [1.82, 2.24) is 9.79 Å². The minimum absolute atomic E-state index is 0.0812. The van der Waals surface area contributed by atoms with E-state index in [1.54, 1.807) is 60.8 Å². The SMILES string of the molecule is BN(C)Cc1cc(NC(=O)OCCc2c(C)cc(C(Nc3ccc4cc[nH]c(=O)c4c3)C(=O)O)cc2C)ccc1S(=O)(=O)C1CC1. The van der Waals surface area contributed by atoms with Crippen LogP contribution in [0.2, 0.25) is 0 Å². The van der Waals surface area contributed by atoms with Crippen molar-refractivity contribution >= 4 is 52.0 Å². The molecule has 1 aliphatic carbocycles. The van der Waals surface area contributed by atoms with Gasteiger partial charge in [0.15, 0.2) is 23.9 Å². The summed E-state index contributed by atoms with van der Waals surface area (Å²) in [5, 5.41) is 16.7. The highest BCUT2D eigenvalue weighted by Gasteiger charge is 2.38. The van der Waals surface area contributed by atoms with E-state index in [0.29, 0.717) is 58.6 Å². The van der Waals surface area contributed by atoms with Gasteiger partial charge >= 0.3 is 12.1 Å². The first-order valence-electron chi connectivity index (χ1n) is 15.0. The number of ether oxygens (including phenoxy) is 1. The molecule has 1 atom stereocenters. The number of aryl methyl sites for hydroxylation is 2. The summed E-state index contributed by atoms with van der Waals surface area (Å²) >= 11 is 0. The van der Waals surface area contributed by atoms with Gasteiger partial charge in [-0.05, 0) is 103 Å². The number of carbonyl (C=O) groups excluding carboxylic acids is 1. The number of nitrogens with one attached hydrogen (secondary N) is 3. The Morgan fingerprint density at radius 1 is 1.07 bits per heavy atom. The van der Waals surface area contributed by atoms with Gasteiger partial charge in [0, 0.05) is 35.9 Å². The van der Waals surface area contributed by atoms with Gasteiger partial charge in [0.25, 0.3) is 5.56 Å². The van der Waals surface area contributed by atoms with Crippen molar-refractivity contribution in [2.24, 2.45) is 0 Å². The quantitative estimate of drug-likeness (QED) is 0.167. The third-order valence-corrected chi connectivity index (χ3v) is 10.4. The Kier molecular flexibility index (Phi) is 9.54. The predicted octanol–water partition coefficient (Wildman–Crippen LogP) is 4.09. The molecule has 0 spiro atoms. The van der Waals surface area contributed by atoms with Crippen molar-refractivity contribution in [2.45, 2.75) is 55.8 Å². The number of aromatic amines is 1. The number of pyridine rings is 1. The fourth-order valence-electron chi connectivity index (χ4n) is 5.67. The smallest absolute Gasteiger partial charge is 0.411 e. The Hall–Kier alpha value is -4.62. The van der Waals surface area contributed by atoms with Crippen molar-refractivity contribution in [3.8, 4) is 0 Å². The summed E-state index contributed by atoms with van der Waals surface area (Å²) in [5.74, 6) is -1.07. The van der Waals surface area contributed by atoms with E-state index in [1.165, 1.54) is 0 Å². The van der Waals surface area contributed by atoms with Gasteiger partial charge in [-0.2, -0.15) is 0 Å². The highest BCUT2D eigenvalue weighted by molar-refractivity contribution is 7.92. The number of sulfone groups is 1. The van der Waals surface area contributed by atoms with Gasteiger partial charge in [0.2, 0.25) is 0 Å². The van der Waals surface area contributed by atoms with E-state index in [0.717, 1.165) is 22.1 Å². The lowest BCUT2D eigenvalue weighted by molar-refractivity contribution is -0.138. The first-order valence-corrected chi connectivity index (χ1v) is 16.5. The van der Waals surface area contributed by atoms with Crippen LogP contribution in [-0.4, -0.2) is 62.3 Å². The Morgan fingerprint density at radius 3 is 2.41 bits per heavy atom. The molecular formula is C33H37BN4O7S. The average molecular weight is 645 g/mol. The third-order valence-electron chi connectivity index (χ3n) is 8.03. The van der Waals surface area contributed by atoms with Crippen LogP contribution in [0.3, 0.4) is 0 Å². The normalized spacial score (nSPS) is 13.8. The number of aliphatic carboxylic acids is 1. The molecule has 0 aliphatic heterocycles. The van der Waals surface area contributed by atoms with Gasteiger partial charge in [-0.15, -0.1) is 0 Å². The Bertz CT molecular complexity index is 1950. The van der Waals surface area contributed by atoms with Gasteiger partial charge in [-0.25, -0.2) is 18.0 Å². The summed E-state index contributed by atoms with van der Waals surface area (Å²) in [4.78, 5) is 42.0.